The molecule has 1 N–H and O–H groups in total. The van der Waals surface area contributed by atoms with Gasteiger partial charge >= 0.3 is 0 Å². The minimum Gasteiger partial charge on any atom is -0.374 e. The molecule has 6 heteroatoms. The van der Waals surface area contributed by atoms with Crippen molar-refractivity contribution < 1.29 is 9.53 Å². The Morgan fingerprint density at radius 3 is 3.22 bits per heavy atom. The van der Waals surface area contributed by atoms with Crippen LogP contribution in [0.1, 0.15) is 16.6 Å². The third-order valence-corrected chi connectivity index (χ3v) is 4.33. The largest absolute Gasteiger partial charge is 0.374 e. The smallest absolute Gasteiger partial charge is 0.261 e. The monoisotopic (exact) mass is 286 g/mol. The zero-order valence-corrected chi connectivity index (χ0v) is 12.1. The van der Waals surface area contributed by atoms with Crippen molar-refractivity contribution in [3.8, 4) is 0 Å². The Hall–Kier alpha value is -0.560. The number of thiol groups is 1. The first-order valence-corrected chi connectivity index (χ1v) is 7.41. The molecule has 1 aliphatic heterocycles. The number of likely N-dealkylation sites (N-methyl/N-ethyl adjacent to an activating group) is 1. The molecule has 1 aromatic heterocycles. The predicted molar refractivity (Wildman–Crippen MR) is 75.8 cm³/mol. The third kappa shape index (κ3) is 3.71. The fourth-order valence-corrected chi connectivity index (χ4v) is 2.99. The lowest BCUT2D eigenvalue weighted by molar-refractivity contribution is -0.0245. The Morgan fingerprint density at radius 1 is 1.72 bits per heavy atom. The molecule has 100 valence electrons. The molecule has 1 unspecified atom stereocenters. The standard InChI is InChI=1S/C12H18N2O2S2/c1-2-14-3-4-16-9(7-14)6-13-12(15)11-5-10(17)8-18-11/h5,8-9,17H,2-4,6-7H2,1H3,(H,13,15). The molecule has 0 bridgehead atoms. The predicted octanol–water partition coefficient (Wildman–Crippen LogP) is 1.49. The minimum atomic E-state index is -0.0440. The van der Waals surface area contributed by atoms with Gasteiger partial charge in [0.25, 0.3) is 5.91 Å². The van der Waals surface area contributed by atoms with E-state index in [-0.39, 0.29) is 12.0 Å². The molecule has 0 radical (unpaired) electrons. The van der Waals surface area contributed by atoms with Gasteiger partial charge in [-0.1, -0.05) is 6.92 Å². The van der Waals surface area contributed by atoms with Crippen molar-refractivity contribution in [2.75, 3.05) is 32.8 Å². The van der Waals surface area contributed by atoms with Gasteiger partial charge in [0.05, 0.1) is 17.6 Å². The van der Waals surface area contributed by atoms with Crippen molar-refractivity contribution in [1.29, 1.82) is 0 Å². The van der Waals surface area contributed by atoms with E-state index < -0.39 is 0 Å². The van der Waals surface area contributed by atoms with Gasteiger partial charge in [0.2, 0.25) is 0 Å². The van der Waals surface area contributed by atoms with Gasteiger partial charge in [-0.3, -0.25) is 9.69 Å². The van der Waals surface area contributed by atoms with Gasteiger partial charge in [-0.2, -0.15) is 0 Å². The molecule has 1 aromatic rings. The molecule has 4 nitrogen and oxygen atoms in total. The Morgan fingerprint density at radius 2 is 2.56 bits per heavy atom. The summed E-state index contributed by atoms with van der Waals surface area (Å²) in [4.78, 5) is 15.7. The zero-order valence-electron chi connectivity index (χ0n) is 10.4. The Balaban J connectivity index is 1.79. The van der Waals surface area contributed by atoms with Gasteiger partial charge in [0, 0.05) is 29.9 Å². The van der Waals surface area contributed by atoms with E-state index in [1.165, 1.54) is 11.3 Å². The van der Waals surface area contributed by atoms with Gasteiger partial charge in [-0.05, 0) is 12.6 Å². The normalized spacial score (nSPS) is 20.9. The average Bonchev–Trinajstić information content (AvgIpc) is 2.83. The molecular formula is C12H18N2O2S2. The highest BCUT2D eigenvalue weighted by Crippen LogP contribution is 2.17. The van der Waals surface area contributed by atoms with Crippen LogP contribution in [0.5, 0.6) is 0 Å². The summed E-state index contributed by atoms with van der Waals surface area (Å²) in [6.07, 6.45) is 0.0954. The Bertz CT molecular complexity index is 409. The maximum absolute atomic E-state index is 11.8. The molecule has 1 aliphatic rings. The minimum absolute atomic E-state index is 0.0440. The van der Waals surface area contributed by atoms with Crippen LogP contribution in [0.25, 0.3) is 0 Å². The van der Waals surface area contributed by atoms with Crippen LogP contribution < -0.4 is 5.32 Å². The van der Waals surface area contributed by atoms with Crippen molar-refractivity contribution >= 4 is 29.9 Å². The van der Waals surface area contributed by atoms with Crippen LogP contribution in [0.15, 0.2) is 16.3 Å². The molecule has 0 spiro atoms. The number of ether oxygens (including phenoxy) is 1. The van der Waals surface area contributed by atoms with Crippen molar-refractivity contribution in [2.45, 2.75) is 17.9 Å². The summed E-state index contributed by atoms with van der Waals surface area (Å²) in [6.45, 7) is 6.35. The fraction of sp³-hybridized carbons (Fsp3) is 0.583. The van der Waals surface area contributed by atoms with Crippen LogP contribution in [0.3, 0.4) is 0 Å². The fourth-order valence-electron chi connectivity index (χ4n) is 1.93. The number of rotatable bonds is 4. The highest BCUT2D eigenvalue weighted by atomic mass is 32.1. The van der Waals surface area contributed by atoms with Crippen molar-refractivity contribution in [1.82, 2.24) is 10.2 Å². The molecule has 2 heterocycles. The summed E-state index contributed by atoms with van der Waals surface area (Å²) < 4.78 is 5.63. The molecule has 18 heavy (non-hydrogen) atoms. The highest BCUT2D eigenvalue weighted by Gasteiger charge is 2.20. The first-order valence-electron chi connectivity index (χ1n) is 6.08. The maximum atomic E-state index is 11.8. The van der Waals surface area contributed by atoms with Gasteiger partial charge in [-0.25, -0.2) is 0 Å². The SMILES string of the molecule is CCN1CCOC(CNC(=O)c2cc(S)cs2)C1. The van der Waals surface area contributed by atoms with Crippen molar-refractivity contribution in [3.63, 3.8) is 0 Å². The summed E-state index contributed by atoms with van der Waals surface area (Å²) in [5, 5.41) is 4.77. The molecule has 2 rings (SSSR count). The highest BCUT2D eigenvalue weighted by molar-refractivity contribution is 7.80. The number of nitrogens with one attached hydrogen (secondary N) is 1. The molecule has 1 atom stereocenters. The lowest BCUT2D eigenvalue weighted by atomic mass is 10.2. The first-order chi connectivity index (χ1) is 8.69. The third-order valence-electron chi connectivity index (χ3n) is 2.97. The molecule has 0 saturated carbocycles. The molecular weight excluding hydrogens is 268 g/mol. The lowest BCUT2D eigenvalue weighted by Gasteiger charge is -2.32. The first kappa shape index (κ1) is 13.9. The van der Waals surface area contributed by atoms with Crippen molar-refractivity contribution in [3.05, 3.63) is 16.3 Å². The second-order valence-electron chi connectivity index (χ2n) is 4.27. The summed E-state index contributed by atoms with van der Waals surface area (Å²) in [7, 11) is 0. The summed E-state index contributed by atoms with van der Waals surface area (Å²) >= 11 is 5.60. The second kappa shape index (κ2) is 6.56. The summed E-state index contributed by atoms with van der Waals surface area (Å²) in [5.41, 5.74) is 0. The van der Waals surface area contributed by atoms with Gasteiger partial charge in [0.1, 0.15) is 0 Å². The molecule has 0 aromatic carbocycles. The number of hydrogen-bond acceptors (Lipinski definition) is 5. The number of hydrogen-bond donors (Lipinski definition) is 2. The number of morpholine rings is 1. The van der Waals surface area contributed by atoms with E-state index in [4.69, 9.17) is 4.74 Å². The molecule has 1 saturated heterocycles. The quantitative estimate of drug-likeness (QED) is 0.824. The number of nitrogens with zero attached hydrogens (tertiary/aromatic N) is 1. The van der Waals surface area contributed by atoms with E-state index in [9.17, 15) is 4.79 Å². The number of carbonyl (C=O) groups excluding carboxylic acids is 1. The lowest BCUT2D eigenvalue weighted by Crippen LogP contribution is -2.47. The average molecular weight is 286 g/mol. The number of carbonyl (C=O) groups is 1. The van der Waals surface area contributed by atoms with E-state index in [2.05, 4.69) is 29.8 Å². The summed E-state index contributed by atoms with van der Waals surface area (Å²) in [6, 6.07) is 1.78. The van der Waals surface area contributed by atoms with Gasteiger partial charge < -0.3 is 10.1 Å². The van der Waals surface area contributed by atoms with Crippen LogP contribution in [0.2, 0.25) is 0 Å². The Labute approximate surface area is 117 Å². The second-order valence-corrected chi connectivity index (χ2v) is 5.69. The zero-order chi connectivity index (χ0) is 13.0. The van der Waals surface area contributed by atoms with Crippen LogP contribution in [0.4, 0.5) is 0 Å². The topological polar surface area (TPSA) is 41.6 Å². The van der Waals surface area contributed by atoms with Crippen LogP contribution in [0, 0.1) is 0 Å². The van der Waals surface area contributed by atoms with E-state index >= 15 is 0 Å². The summed E-state index contributed by atoms with van der Waals surface area (Å²) in [5.74, 6) is -0.0440. The van der Waals surface area contributed by atoms with Gasteiger partial charge in [-0.15, -0.1) is 24.0 Å². The van der Waals surface area contributed by atoms with E-state index in [1.54, 1.807) is 6.07 Å². The van der Waals surface area contributed by atoms with Crippen molar-refractivity contribution in [2.24, 2.45) is 0 Å². The van der Waals surface area contributed by atoms with E-state index in [0.29, 0.717) is 11.4 Å². The molecule has 0 aliphatic carbocycles. The van der Waals surface area contributed by atoms with Crippen LogP contribution in [-0.2, 0) is 4.74 Å². The molecule has 1 fully saturated rings. The molecule has 1 amide bonds. The Kier molecular flexibility index (Phi) is 5.05. The van der Waals surface area contributed by atoms with Crippen LogP contribution >= 0.6 is 24.0 Å². The number of amides is 1. The number of thiophene rings is 1. The van der Waals surface area contributed by atoms with Gasteiger partial charge in [0.15, 0.2) is 0 Å². The maximum Gasteiger partial charge on any atom is 0.261 e. The van der Waals surface area contributed by atoms with E-state index in [1.807, 2.05) is 5.38 Å². The van der Waals surface area contributed by atoms with E-state index in [0.717, 1.165) is 31.1 Å². The van der Waals surface area contributed by atoms with Crippen LogP contribution in [-0.4, -0.2) is 49.7 Å².